The van der Waals surface area contributed by atoms with E-state index in [1.165, 1.54) is 22.6 Å². The molecule has 0 fully saturated rings. The second kappa shape index (κ2) is 9.34. The van der Waals surface area contributed by atoms with Crippen molar-refractivity contribution in [1.82, 2.24) is 9.47 Å². The van der Waals surface area contributed by atoms with Crippen molar-refractivity contribution in [3.8, 4) is 10.8 Å². The highest BCUT2D eigenvalue weighted by atomic mass is 32.1. The molecule has 0 saturated carbocycles. The van der Waals surface area contributed by atoms with Crippen LogP contribution in [-0.2, 0) is 19.4 Å². The second-order valence-corrected chi connectivity index (χ2v) is 10.7. The minimum atomic E-state index is -0.699. The standard InChI is InChI=1S/C29H27F2N3O2S/c1-17-9-10-25(36-2)23(12-17)32-29(35)34-16-22-21-6-3-4-8-26(21)37-28(22)33-11-5-7-24(33)27(34)18-13-19(30)15-20(31)14-18/h5,7,9-15,27H,3-4,6,8,16H2,1-2H3,(H,32,35)/t27-/m0/s1. The van der Waals surface area contributed by atoms with Crippen LogP contribution in [0.4, 0.5) is 19.3 Å². The van der Waals surface area contributed by atoms with Gasteiger partial charge in [0.1, 0.15) is 28.4 Å². The van der Waals surface area contributed by atoms with E-state index in [-0.39, 0.29) is 6.03 Å². The lowest BCUT2D eigenvalue weighted by Crippen LogP contribution is -2.38. The monoisotopic (exact) mass is 519 g/mol. The number of hydrogen-bond donors (Lipinski definition) is 1. The molecule has 0 bridgehead atoms. The second-order valence-electron chi connectivity index (χ2n) is 9.66. The third kappa shape index (κ3) is 4.19. The molecule has 3 heterocycles. The maximum Gasteiger partial charge on any atom is 0.323 e. The number of carbonyl (C=O) groups excluding carboxylic acids is 1. The lowest BCUT2D eigenvalue weighted by Gasteiger charge is -2.31. The van der Waals surface area contributed by atoms with Gasteiger partial charge in [-0.05, 0) is 85.7 Å². The first-order valence-electron chi connectivity index (χ1n) is 12.4. The summed E-state index contributed by atoms with van der Waals surface area (Å²) in [4.78, 5) is 17.1. The number of fused-ring (bicyclic) bond motifs is 5. The van der Waals surface area contributed by atoms with E-state index in [1.807, 2.05) is 43.5 Å². The fourth-order valence-electron chi connectivity index (χ4n) is 5.58. The van der Waals surface area contributed by atoms with Crippen molar-refractivity contribution in [2.75, 3.05) is 12.4 Å². The van der Waals surface area contributed by atoms with Crippen LogP contribution in [0, 0.1) is 18.6 Å². The highest BCUT2D eigenvalue weighted by molar-refractivity contribution is 7.15. The molecular formula is C29H27F2N3O2S. The van der Waals surface area contributed by atoms with Gasteiger partial charge < -0.3 is 19.5 Å². The van der Waals surface area contributed by atoms with Crippen molar-refractivity contribution in [2.45, 2.75) is 45.2 Å². The summed E-state index contributed by atoms with van der Waals surface area (Å²) in [6.45, 7) is 2.27. The number of ether oxygens (including phenoxy) is 1. The molecule has 1 aliphatic carbocycles. The number of nitrogens with zero attached hydrogens (tertiary/aromatic N) is 2. The zero-order valence-corrected chi connectivity index (χ0v) is 21.5. The zero-order chi connectivity index (χ0) is 25.7. The number of halogens is 2. The molecule has 0 saturated heterocycles. The van der Waals surface area contributed by atoms with Crippen LogP contribution in [0.15, 0.2) is 54.7 Å². The Kier molecular flexibility index (Phi) is 5.99. The third-order valence-electron chi connectivity index (χ3n) is 7.24. The molecule has 0 radical (unpaired) electrons. The third-order valence-corrected chi connectivity index (χ3v) is 8.57. The van der Waals surface area contributed by atoms with Gasteiger partial charge in [0.15, 0.2) is 0 Å². The van der Waals surface area contributed by atoms with Gasteiger partial charge in [-0.2, -0.15) is 0 Å². The molecule has 2 aliphatic rings. The van der Waals surface area contributed by atoms with E-state index >= 15 is 0 Å². The highest BCUT2D eigenvalue weighted by Gasteiger charge is 2.36. The van der Waals surface area contributed by atoms with Crippen LogP contribution in [0.25, 0.3) is 5.00 Å². The summed E-state index contributed by atoms with van der Waals surface area (Å²) >= 11 is 1.76. The number of nitrogens with one attached hydrogen (secondary N) is 1. The summed E-state index contributed by atoms with van der Waals surface area (Å²) in [5.41, 5.74) is 5.11. The van der Waals surface area contributed by atoms with Crippen LogP contribution in [-0.4, -0.2) is 22.6 Å². The molecule has 1 aliphatic heterocycles. The quantitative estimate of drug-likeness (QED) is 0.312. The number of aromatic nitrogens is 1. The van der Waals surface area contributed by atoms with Gasteiger partial charge in [0.25, 0.3) is 0 Å². The average molecular weight is 520 g/mol. The molecular weight excluding hydrogens is 492 g/mol. The predicted molar refractivity (Wildman–Crippen MR) is 141 cm³/mol. The molecule has 5 nitrogen and oxygen atoms in total. The number of rotatable bonds is 3. The molecule has 2 aromatic carbocycles. The SMILES string of the molecule is COc1ccc(C)cc1NC(=O)N1Cc2c(sc3c2CCCC3)-n2cccc2[C@@H]1c1cc(F)cc(F)c1. The van der Waals surface area contributed by atoms with Gasteiger partial charge in [0.05, 0.1) is 25.0 Å². The number of thiophene rings is 1. The fourth-order valence-corrected chi connectivity index (χ4v) is 6.98. The highest BCUT2D eigenvalue weighted by Crippen LogP contribution is 2.44. The van der Waals surface area contributed by atoms with Crippen molar-refractivity contribution in [3.05, 3.63) is 99.2 Å². The van der Waals surface area contributed by atoms with Crippen LogP contribution < -0.4 is 10.1 Å². The van der Waals surface area contributed by atoms with E-state index in [2.05, 4.69) is 9.88 Å². The van der Waals surface area contributed by atoms with E-state index in [0.29, 0.717) is 23.5 Å². The van der Waals surface area contributed by atoms with Crippen LogP contribution in [0.2, 0.25) is 0 Å². The predicted octanol–water partition coefficient (Wildman–Crippen LogP) is 7.15. The molecule has 4 aromatic rings. The number of methoxy groups -OCH3 is 1. The first kappa shape index (κ1) is 23.7. The van der Waals surface area contributed by atoms with Crippen molar-refractivity contribution in [2.24, 2.45) is 0 Å². The van der Waals surface area contributed by atoms with Crippen LogP contribution in [0.5, 0.6) is 5.75 Å². The Bertz CT molecular complexity index is 1490. The molecule has 1 atom stereocenters. The van der Waals surface area contributed by atoms with Crippen LogP contribution in [0.3, 0.4) is 0 Å². The van der Waals surface area contributed by atoms with E-state index in [1.54, 1.807) is 23.3 Å². The maximum absolute atomic E-state index is 14.5. The normalized spacial score (nSPS) is 16.4. The number of hydrogen-bond acceptors (Lipinski definition) is 3. The Morgan fingerprint density at radius 3 is 2.62 bits per heavy atom. The molecule has 37 heavy (non-hydrogen) atoms. The Hall–Kier alpha value is -3.65. The van der Waals surface area contributed by atoms with E-state index < -0.39 is 17.7 Å². The summed E-state index contributed by atoms with van der Waals surface area (Å²) in [6.07, 6.45) is 6.25. The van der Waals surface area contributed by atoms with Crippen molar-refractivity contribution < 1.29 is 18.3 Å². The van der Waals surface area contributed by atoms with Crippen molar-refractivity contribution in [1.29, 1.82) is 0 Å². The molecule has 1 N–H and O–H groups in total. The number of anilines is 1. The molecule has 0 spiro atoms. The minimum Gasteiger partial charge on any atom is -0.495 e. The molecule has 0 unspecified atom stereocenters. The largest absolute Gasteiger partial charge is 0.495 e. The smallest absolute Gasteiger partial charge is 0.323 e. The Balaban J connectivity index is 1.52. The van der Waals surface area contributed by atoms with Gasteiger partial charge in [0.2, 0.25) is 0 Å². The lowest BCUT2D eigenvalue weighted by molar-refractivity contribution is 0.194. The summed E-state index contributed by atoms with van der Waals surface area (Å²) in [5, 5.41) is 4.10. The number of amides is 2. The number of carbonyl (C=O) groups is 1. The molecule has 190 valence electrons. The Morgan fingerprint density at radius 1 is 1.05 bits per heavy atom. The molecule has 8 heteroatoms. The first-order chi connectivity index (χ1) is 17.9. The number of aryl methyl sites for hydroxylation is 2. The van der Waals surface area contributed by atoms with Gasteiger partial charge in [-0.25, -0.2) is 13.6 Å². The lowest BCUT2D eigenvalue weighted by atomic mass is 9.95. The Labute approximate surface area is 218 Å². The summed E-state index contributed by atoms with van der Waals surface area (Å²) in [7, 11) is 1.56. The summed E-state index contributed by atoms with van der Waals surface area (Å²) in [5.74, 6) is -0.811. The number of benzene rings is 2. The summed E-state index contributed by atoms with van der Waals surface area (Å²) < 4.78 is 36.5. The molecule has 2 aromatic heterocycles. The van der Waals surface area contributed by atoms with Crippen LogP contribution >= 0.6 is 11.3 Å². The van der Waals surface area contributed by atoms with E-state index in [9.17, 15) is 13.6 Å². The van der Waals surface area contributed by atoms with E-state index in [4.69, 9.17) is 4.74 Å². The zero-order valence-electron chi connectivity index (χ0n) is 20.7. The van der Waals surface area contributed by atoms with Crippen molar-refractivity contribution >= 4 is 23.1 Å². The fraction of sp³-hybridized carbons (Fsp3) is 0.276. The van der Waals surface area contributed by atoms with Gasteiger partial charge in [0, 0.05) is 22.7 Å². The average Bonchev–Trinajstić information content (AvgIpc) is 3.45. The first-order valence-corrected chi connectivity index (χ1v) is 13.2. The van der Waals surface area contributed by atoms with Gasteiger partial charge in [-0.1, -0.05) is 6.07 Å². The maximum atomic E-state index is 14.5. The molecule has 2 amide bonds. The Morgan fingerprint density at radius 2 is 1.84 bits per heavy atom. The van der Waals surface area contributed by atoms with Gasteiger partial charge in [-0.15, -0.1) is 11.3 Å². The van der Waals surface area contributed by atoms with Crippen LogP contribution in [0.1, 0.15) is 51.7 Å². The minimum absolute atomic E-state index is 0.325. The van der Waals surface area contributed by atoms with Crippen molar-refractivity contribution in [3.63, 3.8) is 0 Å². The topological polar surface area (TPSA) is 46.5 Å². The molecule has 6 rings (SSSR count). The van der Waals surface area contributed by atoms with Gasteiger partial charge in [-0.3, -0.25) is 0 Å². The van der Waals surface area contributed by atoms with Gasteiger partial charge >= 0.3 is 6.03 Å². The number of urea groups is 1. The summed E-state index contributed by atoms with van der Waals surface area (Å²) in [6, 6.07) is 11.8. The van der Waals surface area contributed by atoms with E-state index in [0.717, 1.165) is 53.6 Å².